The summed E-state index contributed by atoms with van der Waals surface area (Å²) < 4.78 is 0. The highest BCUT2D eigenvalue weighted by Crippen LogP contribution is 2.23. The van der Waals surface area contributed by atoms with Crippen LogP contribution in [0.25, 0.3) is 11.3 Å². The van der Waals surface area contributed by atoms with Gasteiger partial charge in [-0.05, 0) is 50.8 Å². The SMILES string of the molecule is Cc1cccc(-c2ccc(C(=O)N(C)[C@H](CN(C)C)c3ccccc3)cc2)n1. The fraction of sp³-hybridized carbons (Fsp3) is 0.250. The van der Waals surface area contributed by atoms with Crippen LogP contribution in [0.2, 0.25) is 0 Å². The summed E-state index contributed by atoms with van der Waals surface area (Å²) in [4.78, 5) is 21.6. The molecule has 0 bridgehead atoms. The number of amides is 1. The van der Waals surface area contributed by atoms with Gasteiger partial charge in [-0.2, -0.15) is 0 Å². The van der Waals surface area contributed by atoms with Crippen molar-refractivity contribution in [3.8, 4) is 11.3 Å². The van der Waals surface area contributed by atoms with Gasteiger partial charge in [-0.15, -0.1) is 0 Å². The van der Waals surface area contributed by atoms with Crippen molar-refractivity contribution in [2.24, 2.45) is 0 Å². The van der Waals surface area contributed by atoms with Gasteiger partial charge in [0.1, 0.15) is 0 Å². The molecule has 0 spiro atoms. The number of carbonyl (C=O) groups is 1. The molecule has 0 N–H and O–H groups in total. The molecule has 3 aromatic rings. The van der Waals surface area contributed by atoms with Crippen LogP contribution in [0.3, 0.4) is 0 Å². The average molecular weight is 374 g/mol. The Morgan fingerprint density at radius 1 is 0.893 bits per heavy atom. The molecular weight excluding hydrogens is 346 g/mol. The van der Waals surface area contributed by atoms with Crippen molar-refractivity contribution in [2.45, 2.75) is 13.0 Å². The minimum Gasteiger partial charge on any atom is -0.333 e. The predicted octanol–water partition coefficient (Wildman–Crippen LogP) is 4.43. The molecule has 0 aliphatic rings. The minimum absolute atomic E-state index is 0.0122. The molecule has 4 nitrogen and oxygen atoms in total. The number of nitrogens with zero attached hydrogens (tertiary/aromatic N) is 3. The Morgan fingerprint density at radius 3 is 2.18 bits per heavy atom. The van der Waals surface area contributed by atoms with Crippen molar-refractivity contribution in [1.29, 1.82) is 0 Å². The van der Waals surface area contributed by atoms with Crippen LogP contribution in [-0.2, 0) is 0 Å². The topological polar surface area (TPSA) is 36.4 Å². The van der Waals surface area contributed by atoms with Crippen LogP contribution in [0.4, 0.5) is 0 Å². The molecule has 2 aromatic carbocycles. The first-order chi connectivity index (χ1) is 13.5. The van der Waals surface area contributed by atoms with Gasteiger partial charge in [0.25, 0.3) is 5.91 Å². The van der Waals surface area contributed by atoms with Crippen molar-refractivity contribution in [1.82, 2.24) is 14.8 Å². The molecule has 28 heavy (non-hydrogen) atoms. The summed E-state index contributed by atoms with van der Waals surface area (Å²) in [5.41, 5.74) is 4.72. The summed E-state index contributed by atoms with van der Waals surface area (Å²) in [5, 5.41) is 0. The first kappa shape index (κ1) is 19.8. The third-order valence-electron chi connectivity index (χ3n) is 4.83. The molecule has 1 heterocycles. The van der Waals surface area contributed by atoms with Crippen molar-refractivity contribution in [3.63, 3.8) is 0 Å². The van der Waals surface area contributed by atoms with E-state index in [9.17, 15) is 4.79 Å². The zero-order valence-corrected chi connectivity index (χ0v) is 17.0. The number of benzene rings is 2. The van der Waals surface area contributed by atoms with Crippen LogP contribution in [0, 0.1) is 6.92 Å². The third-order valence-corrected chi connectivity index (χ3v) is 4.83. The second kappa shape index (κ2) is 8.81. The van der Waals surface area contributed by atoms with Gasteiger partial charge in [0.05, 0.1) is 11.7 Å². The quantitative estimate of drug-likeness (QED) is 0.641. The molecule has 0 aliphatic heterocycles. The number of hydrogen-bond donors (Lipinski definition) is 0. The monoisotopic (exact) mass is 373 g/mol. The molecule has 1 aromatic heterocycles. The number of likely N-dealkylation sites (N-methyl/N-ethyl adjacent to an activating group) is 2. The van der Waals surface area contributed by atoms with Gasteiger partial charge < -0.3 is 9.80 Å². The standard InChI is InChI=1S/C24H27N3O/c1-18-9-8-12-22(25-18)19-13-15-21(16-14-19)24(28)27(4)23(17-26(2)3)20-10-6-5-7-11-20/h5-16,23H,17H2,1-4H3/t23-/m1/s1. The Bertz CT molecular complexity index is 920. The highest BCUT2D eigenvalue weighted by atomic mass is 16.2. The fourth-order valence-electron chi connectivity index (χ4n) is 3.31. The molecule has 1 amide bonds. The Balaban J connectivity index is 1.83. The zero-order valence-electron chi connectivity index (χ0n) is 17.0. The number of aryl methyl sites for hydroxylation is 1. The second-order valence-electron chi connectivity index (χ2n) is 7.35. The molecule has 1 atom stereocenters. The Labute approximate surface area is 167 Å². The van der Waals surface area contributed by atoms with E-state index in [2.05, 4.69) is 22.0 Å². The van der Waals surface area contributed by atoms with Gasteiger partial charge in [-0.3, -0.25) is 9.78 Å². The summed E-state index contributed by atoms with van der Waals surface area (Å²) in [6.45, 7) is 2.74. The average Bonchev–Trinajstić information content (AvgIpc) is 2.71. The lowest BCUT2D eigenvalue weighted by atomic mass is 10.0. The summed E-state index contributed by atoms with van der Waals surface area (Å²) >= 11 is 0. The second-order valence-corrected chi connectivity index (χ2v) is 7.35. The van der Waals surface area contributed by atoms with Gasteiger partial charge in [0.15, 0.2) is 0 Å². The predicted molar refractivity (Wildman–Crippen MR) is 114 cm³/mol. The zero-order chi connectivity index (χ0) is 20.1. The molecule has 3 rings (SSSR count). The van der Waals surface area contributed by atoms with Gasteiger partial charge in [0, 0.05) is 30.4 Å². The molecular formula is C24H27N3O. The highest BCUT2D eigenvalue weighted by Gasteiger charge is 2.23. The Morgan fingerprint density at radius 2 is 1.57 bits per heavy atom. The smallest absolute Gasteiger partial charge is 0.254 e. The Hall–Kier alpha value is -2.98. The molecule has 4 heteroatoms. The maximum absolute atomic E-state index is 13.1. The number of rotatable bonds is 6. The van der Waals surface area contributed by atoms with E-state index in [1.54, 1.807) is 0 Å². The minimum atomic E-state index is -0.0122. The molecule has 0 aliphatic carbocycles. The van der Waals surface area contributed by atoms with E-state index >= 15 is 0 Å². The first-order valence-corrected chi connectivity index (χ1v) is 9.46. The van der Waals surface area contributed by atoms with Crippen molar-refractivity contribution in [3.05, 3.63) is 89.6 Å². The van der Waals surface area contributed by atoms with Crippen LogP contribution in [0.5, 0.6) is 0 Å². The van der Waals surface area contributed by atoms with E-state index in [0.29, 0.717) is 5.56 Å². The fourth-order valence-corrected chi connectivity index (χ4v) is 3.31. The van der Waals surface area contributed by atoms with E-state index in [1.807, 2.05) is 93.6 Å². The first-order valence-electron chi connectivity index (χ1n) is 9.46. The Kier molecular flexibility index (Phi) is 6.22. The number of aromatic nitrogens is 1. The van der Waals surface area contributed by atoms with Crippen molar-refractivity contribution >= 4 is 5.91 Å². The lowest BCUT2D eigenvalue weighted by Gasteiger charge is -2.31. The van der Waals surface area contributed by atoms with E-state index in [4.69, 9.17) is 0 Å². The highest BCUT2D eigenvalue weighted by molar-refractivity contribution is 5.94. The van der Waals surface area contributed by atoms with E-state index in [-0.39, 0.29) is 11.9 Å². The largest absolute Gasteiger partial charge is 0.333 e. The number of pyridine rings is 1. The van der Waals surface area contributed by atoms with E-state index in [1.165, 1.54) is 0 Å². The lowest BCUT2D eigenvalue weighted by molar-refractivity contribution is 0.0705. The molecule has 0 fully saturated rings. The van der Waals surface area contributed by atoms with Gasteiger partial charge >= 0.3 is 0 Å². The van der Waals surface area contributed by atoms with Crippen molar-refractivity contribution < 1.29 is 4.79 Å². The number of carbonyl (C=O) groups excluding carboxylic acids is 1. The molecule has 0 saturated carbocycles. The summed E-state index contributed by atoms with van der Waals surface area (Å²) in [6, 6.07) is 23.8. The van der Waals surface area contributed by atoms with Crippen LogP contribution >= 0.6 is 0 Å². The third kappa shape index (κ3) is 4.65. The lowest BCUT2D eigenvalue weighted by Crippen LogP contribution is -2.37. The van der Waals surface area contributed by atoms with Gasteiger partial charge in [0.2, 0.25) is 0 Å². The molecule has 144 valence electrons. The van der Waals surface area contributed by atoms with Crippen molar-refractivity contribution in [2.75, 3.05) is 27.7 Å². The van der Waals surface area contributed by atoms with E-state index < -0.39 is 0 Å². The molecule has 0 unspecified atom stereocenters. The van der Waals surface area contributed by atoms with E-state index in [0.717, 1.165) is 29.1 Å². The maximum atomic E-state index is 13.1. The van der Waals surface area contributed by atoms with Crippen LogP contribution in [-0.4, -0.2) is 48.4 Å². The van der Waals surface area contributed by atoms with Gasteiger partial charge in [-0.25, -0.2) is 0 Å². The van der Waals surface area contributed by atoms with Gasteiger partial charge in [-0.1, -0.05) is 48.5 Å². The number of hydrogen-bond acceptors (Lipinski definition) is 3. The summed E-state index contributed by atoms with van der Waals surface area (Å²) in [6.07, 6.45) is 0. The summed E-state index contributed by atoms with van der Waals surface area (Å²) in [7, 11) is 5.93. The maximum Gasteiger partial charge on any atom is 0.254 e. The van der Waals surface area contributed by atoms with Crippen LogP contribution in [0.15, 0.2) is 72.8 Å². The molecule has 0 radical (unpaired) electrons. The molecule has 0 saturated heterocycles. The van der Waals surface area contributed by atoms with Crippen LogP contribution < -0.4 is 0 Å². The van der Waals surface area contributed by atoms with Crippen LogP contribution in [0.1, 0.15) is 27.7 Å². The normalized spacial score (nSPS) is 12.0. The summed E-state index contributed by atoms with van der Waals surface area (Å²) in [5.74, 6) is 0.0134.